The zero-order chi connectivity index (χ0) is 12.0. The van der Waals surface area contributed by atoms with Gasteiger partial charge >= 0.3 is 0 Å². The molecule has 0 fully saturated rings. The maximum absolute atomic E-state index is 9.11. The molecule has 0 aliphatic carbocycles. The summed E-state index contributed by atoms with van der Waals surface area (Å²) in [4.78, 5) is 8.40. The molecule has 0 aliphatic rings. The van der Waals surface area contributed by atoms with Crippen molar-refractivity contribution >= 4 is 11.6 Å². The number of ether oxygens (including phenoxy) is 1. The molecule has 1 aromatic rings. The molecular formula is C10H18N4O2. The Morgan fingerprint density at radius 3 is 2.69 bits per heavy atom. The lowest BCUT2D eigenvalue weighted by Gasteiger charge is -2.16. The Hall–Kier alpha value is -1.40. The number of aliphatic hydroxyl groups is 1. The fraction of sp³-hybridized carbons (Fsp3) is 0.600. The molecule has 0 radical (unpaired) electrons. The number of aryl methyl sites for hydroxylation is 1. The van der Waals surface area contributed by atoms with Gasteiger partial charge in [-0.25, -0.2) is 9.97 Å². The highest BCUT2D eigenvalue weighted by Crippen LogP contribution is 2.11. The number of methoxy groups -OCH3 is 1. The summed E-state index contributed by atoms with van der Waals surface area (Å²) >= 11 is 0. The van der Waals surface area contributed by atoms with Gasteiger partial charge in [-0.15, -0.1) is 0 Å². The van der Waals surface area contributed by atoms with Crippen LogP contribution < -0.4 is 10.6 Å². The molecule has 1 atom stereocenters. The van der Waals surface area contributed by atoms with Gasteiger partial charge in [0.1, 0.15) is 17.5 Å². The minimum Gasteiger partial charge on any atom is -0.394 e. The van der Waals surface area contributed by atoms with Crippen LogP contribution in [0.5, 0.6) is 0 Å². The van der Waals surface area contributed by atoms with Gasteiger partial charge in [0, 0.05) is 20.2 Å². The van der Waals surface area contributed by atoms with E-state index in [-0.39, 0.29) is 12.6 Å². The van der Waals surface area contributed by atoms with Crippen LogP contribution in [0.4, 0.5) is 11.6 Å². The Balaban J connectivity index is 2.74. The van der Waals surface area contributed by atoms with Crippen LogP contribution in [-0.2, 0) is 4.74 Å². The molecule has 0 aromatic carbocycles. The third-order valence-electron chi connectivity index (χ3n) is 2.03. The number of hydrogen-bond acceptors (Lipinski definition) is 6. The number of aliphatic hydroxyl groups excluding tert-OH is 1. The molecule has 0 saturated carbocycles. The molecule has 1 heterocycles. The average Bonchev–Trinajstić information content (AvgIpc) is 2.27. The van der Waals surface area contributed by atoms with Crippen molar-refractivity contribution in [1.29, 1.82) is 0 Å². The van der Waals surface area contributed by atoms with E-state index < -0.39 is 0 Å². The maximum Gasteiger partial charge on any atom is 0.132 e. The normalized spacial score (nSPS) is 12.2. The molecule has 3 N–H and O–H groups in total. The topological polar surface area (TPSA) is 79.3 Å². The summed E-state index contributed by atoms with van der Waals surface area (Å²) in [6, 6.07) is 1.62. The summed E-state index contributed by atoms with van der Waals surface area (Å²) in [6.45, 7) is 2.23. The van der Waals surface area contributed by atoms with E-state index in [0.717, 1.165) is 5.82 Å². The van der Waals surface area contributed by atoms with Crippen molar-refractivity contribution < 1.29 is 9.84 Å². The summed E-state index contributed by atoms with van der Waals surface area (Å²) in [7, 11) is 3.39. The number of nitrogens with zero attached hydrogens (tertiary/aromatic N) is 2. The Labute approximate surface area is 95.1 Å². The lowest BCUT2D eigenvalue weighted by atomic mass is 10.3. The molecule has 0 aliphatic heterocycles. The molecule has 6 heteroatoms. The number of aromatic nitrogens is 2. The third kappa shape index (κ3) is 3.63. The smallest absolute Gasteiger partial charge is 0.132 e. The standard InChI is InChI=1S/C10H18N4O2/c1-7-12-9(11-2)4-10(13-7)14-8(5-15)6-16-3/h4,8,15H,5-6H2,1-3H3,(H2,11,12,13,14). The SMILES string of the molecule is CNc1cc(NC(CO)COC)nc(C)n1. The Bertz CT molecular complexity index is 333. The van der Waals surface area contributed by atoms with Crippen molar-refractivity contribution in [2.75, 3.05) is 38.0 Å². The largest absolute Gasteiger partial charge is 0.394 e. The Morgan fingerprint density at radius 1 is 1.44 bits per heavy atom. The first-order valence-corrected chi connectivity index (χ1v) is 5.09. The van der Waals surface area contributed by atoms with Gasteiger partial charge in [-0.2, -0.15) is 0 Å². The van der Waals surface area contributed by atoms with Gasteiger partial charge in [-0.05, 0) is 6.92 Å². The highest BCUT2D eigenvalue weighted by molar-refractivity contribution is 5.47. The van der Waals surface area contributed by atoms with Crippen molar-refractivity contribution in [3.63, 3.8) is 0 Å². The second kappa shape index (κ2) is 6.24. The summed E-state index contributed by atoms with van der Waals surface area (Å²) in [5.41, 5.74) is 0. The van der Waals surface area contributed by atoms with Crippen LogP contribution in [0.3, 0.4) is 0 Å². The van der Waals surface area contributed by atoms with Gasteiger partial charge in [-0.3, -0.25) is 0 Å². The molecule has 16 heavy (non-hydrogen) atoms. The second-order valence-electron chi connectivity index (χ2n) is 3.41. The molecule has 0 amide bonds. The molecule has 1 rings (SSSR count). The van der Waals surface area contributed by atoms with Crippen molar-refractivity contribution in [2.45, 2.75) is 13.0 Å². The molecular weight excluding hydrogens is 208 g/mol. The van der Waals surface area contributed by atoms with Crippen LogP contribution in [0.25, 0.3) is 0 Å². The molecule has 90 valence electrons. The number of nitrogens with one attached hydrogen (secondary N) is 2. The first-order valence-electron chi connectivity index (χ1n) is 5.09. The molecule has 1 unspecified atom stereocenters. The van der Waals surface area contributed by atoms with Gasteiger partial charge < -0.3 is 20.5 Å². The van der Waals surface area contributed by atoms with E-state index in [1.807, 2.05) is 6.92 Å². The summed E-state index contributed by atoms with van der Waals surface area (Å²) in [6.07, 6.45) is 0. The van der Waals surface area contributed by atoms with Crippen LogP contribution in [0.2, 0.25) is 0 Å². The van der Waals surface area contributed by atoms with Crippen molar-refractivity contribution in [3.8, 4) is 0 Å². The number of rotatable bonds is 6. The van der Waals surface area contributed by atoms with E-state index >= 15 is 0 Å². The van der Waals surface area contributed by atoms with Gasteiger partial charge in [-0.1, -0.05) is 0 Å². The van der Waals surface area contributed by atoms with E-state index in [1.165, 1.54) is 0 Å². The van der Waals surface area contributed by atoms with E-state index in [2.05, 4.69) is 20.6 Å². The maximum atomic E-state index is 9.11. The Morgan fingerprint density at radius 2 is 2.12 bits per heavy atom. The van der Waals surface area contributed by atoms with Crippen molar-refractivity contribution in [1.82, 2.24) is 9.97 Å². The Kier molecular flexibility index (Phi) is 4.94. The van der Waals surface area contributed by atoms with Gasteiger partial charge in [0.25, 0.3) is 0 Å². The second-order valence-corrected chi connectivity index (χ2v) is 3.41. The van der Waals surface area contributed by atoms with E-state index in [1.54, 1.807) is 20.2 Å². The first kappa shape index (κ1) is 12.7. The minimum absolute atomic E-state index is 0.00816. The molecule has 0 saturated heterocycles. The first-order chi connectivity index (χ1) is 7.69. The van der Waals surface area contributed by atoms with Crippen molar-refractivity contribution in [2.24, 2.45) is 0 Å². The predicted molar refractivity (Wildman–Crippen MR) is 62.7 cm³/mol. The van der Waals surface area contributed by atoms with Crippen LogP contribution in [0.15, 0.2) is 6.07 Å². The minimum atomic E-state index is -0.163. The lowest BCUT2D eigenvalue weighted by molar-refractivity contribution is 0.153. The number of anilines is 2. The molecule has 1 aromatic heterocycles. The van der Waals surface area contributed by atoms with E-state index in [0.29, 0.717) is 18.2 Å². The van der Waals surface area contributed by atoms with Gasteiger partial charge in [0.2, 0.25) is 0 Å². The van der Waals surface area contributed by atoms with Gasteiger partial charge in [0.05, 0.1) is 19.3 Å². The summed E-state index contributed by atoms with van der Waals surface area (Å²) in [5.74, 6) is 2.08. The van der Waals surface area contributed by atoms with Crippen LogP contribution in [-0.4, -0.2) is 48.5 Å². The molecule has 6 nitrogen and oxygen atoms in total. The average molecular weight is 226 g/mol. The highest BCUT2D eigenvalue weighted by Gasteiger charge is 2.08. The summed E-state index contributed by atoms with van der Waals surface area (Å²) in [5, 5.41) is 15.1. The van der Waals surface area contributed by atoms with Crippen molar-refractivity contribution in [3.05, 3.63) is 11.9 Å². The summed E-state index contributed by atoms with van der Waals surface area (Å²) < 4.78 is 4.97. The zero-order valence-corrected chi connectivity index (χ0v) is 9.82. The highest BCUT2D eigenvalue weighted by atomic mass is 16.5. The fourth-order valence-electron chi connectivity index (χ4n) is 1.32. The van der Waals surface area contributed by atoms with Gasteiger partial charge in [0.15, 0.2) is 0 Å². The molecule has 0 bridgehead atoms. The fourth-order valence-corrected chi connectivity index (χ4v) is 1.32. The monoisotopic (exact) mass is 226 g/mol. The predicted octanol–water partition coefficient (Wildman–Crippen LogP) is 0.246. The van der Waals surface area contributed by atoms with Crippen LogP contribution in [0.1, 0.15) is 5.82 Å². The number of hydrogen-bond donors (Lipinski definition) is 3. The van der Waals surface area contributed by atoms with E-state index in [9.17, 15) is 0 Å². The van der Waals surface area contributed by atoms with E-state index in [4.69, 9.17) is 9.84 Å². The zero-order valence-electron chi connectivity index (χ0n) is 9.82. The van der Waals surface area contributed by atoms with Crippen LogP contribution >= 0.6 is 0 Å². The lowest BCUT2D eigenvalue weighted by Crippen LogP contribution is -2.29. The molecule has 0 spiro atoms. The van der Waals surface area contributed by atoms with Crippen LogP contribution in [0, 0.1) is 6.92 Å². The third-order valence-corrected chi connectivity index (χ3v) is 2.03. The quantitative estimate of drug-likeness (QED) is 0.645.